The molecule has 2 amide bonds. The number of hydrogen-bond acceptors (Lipinski definition) is 6. The van der Waals surface area contributed by atoms with Gasteiger partial charge in [0.1, 0.15) is 0 Å². The van der Waals surface area contributed by atoms with Crippen molar-refractivity contribution in [3.8, 4) is 11.5 Å². The van der Waals surface area contributed by atoms with Crippen molar-refractivity contribution >= 4 is 34.6 Å². The molecule has 3 heterocycles. The molecule has 4 aromatic rings. The van der Waals surface area contributed by atoms with Crippen LogP contribution >= 0.6 is 0 Å². The van der Waals surface area contributed by atoms with E-state index in [9.17, 15) is 9.59 Å². The monoisotopic (exact) mass is 442 g/mol. The van der Waals surface area contributed by atoms with E-state index in [4.69, 9.17) is 10.3 Å². The van der Waals surface area contributed by atoms with Gasteiger partial charge in [0, 0.05) is 28.2 Å². The number of carbonyl (C=O) groups excluding carboxylic acids is 2. The van der Waals surface area contributed by atoms with Crippen molar-refractivity contribution < 1.29 is 14.1 Å². The van der Waals surface area contributed by atoms with Gasteiger partial charge in [-0.2, -0.15) is 5.10 Å². The van der Waals surface area contributed by atoms with Gasteiger partial charge in [0.05, 0.1) is 29.2 Å². The van der Waals surface area contributed by atoms with Gasteiger partial charge in [-0.3, -0.25) is 9.59 Å². The largest absolute Gasteiger partial charge is 0.354 e. The van der Waals surface area contributed by atoms with Crippen LogP contribution in [0.25, 0.3) is 22.4 Å². The molecule has 166 valence electrons. The molecule has 0 saturated heterocycles. The van der Waals surface area contributed by atoms with E-state index in [1.807, 2.05) is 37.3 Å². The summed E-state index contributed by atoms with van der Waals surface area (Å²) >= 11 is 0. The first-order chi connectivity index (χ1) is 16.0. The fraction of sp³-hybridized carbons (Fsp3) is 0.167. The van der Waals surface area contributed by atoms with E-state index in [0.717, 1.165) is 11.3 Å². The molecule has 0 unspecified atom stereocenters. The Morgan fingerprint density at radius 3 is 2.79 bits per heavy atom. The van der Waals surface area contributed by atoms with E-state index in [2.05, 4.69) is 26.0 Å². The van der Waals surface area contributed by atoms with E-state index in [-0.39, 0.29) is 11.8 Å². The van der Waals surface area contributed by atoms with Gasteiger partial charge >= 0.3 is 0 Å². The number of anilines is 1. The number of nitrogens with zero attached hydrogens (tertiary/aromatic N) is 2. The Labute approximate surface area is 189 Å². The maximum atomic E-state index is 12.7. The van der Waals surface area contributed by atoms with Crippen LogP contribution in [0.1, 0.15) is 33.6 Å². The number of aryl methyl sites for hydroxylation is 2. The lowest BCUT2D eigenvalue weighted by Crippen LogP contribution is -2.36. The molecule has 0 fully saturated rings. The zero-order valence-electron chi connectivity index (χ0n) is 17.9. The number of carbonyl (C=O) groups is 2. The molecule has 0 bridgehead atoms. The van der Waals surface area contributed by atoms with Gasteiger partial charge in [-0.1, -0.05) is 35.5 Å². The number of rotatable bonds is 6. The summed E-state index contributed by atoms with van der Waals surface area (Å²) in [5.74, 6) is -0.168. The highest BCUT2D eigenvalue weighted by Gasteiger charge is 2.24. The van der Waals surface area contributed by atoms with Crippen LogP contribution in [0, 0.1) is 6.92 Å². The van der Waals surface area contributed by atoms with Crippen LogP contribution in [0.2, 0.25) is 0 Å². The fourth-order valence-corrected chi connectivity index (χ4v) is 3.96. The van der Waals surface area contributed by atoms with Gasteiger partial charge < -0.3 is 20.6 Å². The van der Waals surface area contributed by atoms with E-state index in [0.29, 0.717) is 52.0 Å². The second kappa shape index (κ2) is 8.36. The Morgan fingerprint density at radius 1 is 1.21 bits per heavy atom. The van der Waals surface area contributed by atoms with Gasteiger partial charge in [-0.05, 0) is 37.5 Å². The lowest BCUT2D eigenvalue weighted by Gasteiger charge is -2.13. The summed E-state index contributed by atoms with van der Waals surface area (Å²) in [4.78, 5) is 28.7. The Hall–Kier alpha value is -4.24. The van der Waals surface area contributed by atoms with Crippen molar-refractivity contribution in [1.82, 2.24) is 15.6 Å². The summed E-state index contributed by atoms with van der Waals surface area (Å²) in [6, 6.07) is 14.4. The molecule has 9 nitrogen and oxygen atoms in total. The average molecular weight is 442 g/mol. The number of benzene rings is 2. The average Bonchev–Trinajstić information content (AvgIpc) is 3.36. The quantitative estimate of drug-likeness (QED) is 0.363. The molecule has 5 N–H and O–H groups in total. The molecule has 0 radical (unpaired) electrons. The number of amides is 2. The third kappa shape index (κ3) is 4.01. The standard InChI is InChI=1S/C24H22N6O3/c1-13-9-20(33-30-13)22-17-12-26-29-23(31)16-10-15(11-19(28-22)21(16)17)27-24(32)18(25)8-7-14-5-3-2-4-6-14/h2-6,9-12,18,28H,7-8,25H2,1H3,(H,27,32)(H,29,31)/t18-/m1/s1. The molecule has 2 aromatic heterocycles. The Kier molecular flexibility index (Phi) is 5.23. The molecule has 0 spiro atoms. The van der Waals surface area contributed by atoms with Gasteiger partial charge in [-0.15, -0.1) is 0 Å². The summed E-state index contributed by atoms with van der Waals surface area (Å²) in [6.07, 6.45) is 2.76. The summed E-state index contributed by atoms with van der Waals surface area (Å²) in [7, 11) is 0. The van der Waals surface area contributed by atoms with Crippen LogP contribution in [0.15, 0.2) is 58.2 Å². The number of hydrazone groups is 1. The molecular weight excluding hydrogens is 420 g/mol. The summed E-state index contributed by atoms with van der Waals surface area (Å²) < 4.78 is 5.41. The van der Waals surface area contributed by atoms with Crippen molar-refractivity contribution in [3.63, 3.8) is 0 Å². The fourth-order valence-electron chi connectivity index (χ4n) is 3.96. The number of aromatic nitrogens is 2. The predicted molar refractivity (Wildman–Crippen MR) is 125 cm³/mol. The smallest absolute Gasteiger partial charge is 0.272 e. The highest BCUT2D eigenvalue weighted by atomic mass is 16.5. The predicted octanol–water partition coefficient (Wildman–Crippen LogP) is 3.11. The molecule has 9 heteroatoms. The number of hydrogen-bond donors (Lipinski definition) is 4. The lowest BCUT2D eigenvalue weighted by molar-refractivity contribution is -0.117. The summed E-state index contributed by atoms with van der Waals surface area (Å²) in [5.41, 5.74) is 13.3. The second-order valence-electron chi connectivity index (χ2n) is 8.01. The minimum Gasteiger partial charge on any atom is -0.354 e. The molecule has 0 aliphatic carbocycles. The molecule has 2 aromatic carbocycles. The molecule has 1 aliphatic heterocycles. The van der Waals surface area contributed by atoms with Crippen molar-refractivity contribution in [1.29, 1.82) is 0 Å². The van der Waals surface area contributed by atoms with Crippen LogP contribution < -0.4 is 16.5 Å². The van der Waals surface area contributed by atoms with Crippen LogP contribution in [0.4, 0.5) is 5.69 Å². The zero-order valence-corrected chi connectivity index (χ0v) is 17.9. The maximum Gasteiger partial charge on any atom is 0.272 e. The minimum absolute atomic E-state index is 0.319. The van der Waals surface area contributed by atoms with E-state index in [1.54, 1.807) is 24.4 Å². The van der Waals surface area contributed by atoms with Gasteiger partial charge in [0.2, 0.25) is 5.91 Å². The summed E-state index contributed by atoms with van der Waals surface area (Å²) in [6.45, 7) is 1.83. The maximum absolute atomic E-state index is 12.7. The molecule has 5 rings (SSSR count). The molecule has 33 heavy (non-hydrogen) atoms. The van der Waals surface area contributed by atoms with Crippen LogP contribution in [0.3, 0.4) is 0 Å². The summed E-state index contributed by atoms with van der Waals surface area (Å²) in [5, 5.41) is 11.5. The number of aromatic amines is 1. The lowest BCUT2D eigenvalue weighted by atomic mass is 10.0. The second-order valence-corrected chi connectivity index (χ2v) is 8.01. The topological polar surface area (TPSA) is 138 Å². The van der Waals surface area contributed by atoms with Gasteiger partial charge in [0.15, 0.2) is 5.76 Å². The van der Waals surface area contributed by atoms with Gasteiger partial charge in [0.25, 0.3) is 5.91 Å². The molecular formula is C24H22N6O3. The first kappa shape index (κ1) is 20.7. The van der Waals surface area contributed by atoms with E-state index in [1.165, 1.54) is 0 Å². The van der Waals surface area contributed by atoms with E-state index >= 15 is 0 Å². The van der Waals surface area contributed by atoms with Crippen LogP contribution in [-0.2, 0) is 11.2 Å². The minimum atomic E-state index is -0.691. The van der Waals surface area contributed by atoms with Crippen LogP contribution in [0.5, 0.6) is 0 Å². The van der Waals surface area contributed by atoms with Crippen molar-refractivity contribution in [3.05, 3.63) is 70.9 Å². The first-order valence-electron chi connectivity index (χ1n) is 10.6. The third-order valence-electron chi connectivity index (χ3n) is 5.61. The Morgan fingerprint density at radius 2 is 2.03 bits per heavy atom. The van der Waals surface area contributed by atoms with Crippen molar-refractivity contribution in [2.45, 2.75) is 25.8 Å². The molecule has 1 aliphatic rings. The third-order valence-corrected chi connectivity index (χ3v) is 5.61. The number of nitrogens with one attached hydrogen (secondary N) is 3. The number of nitrogens with two attached hydrogens (primary N) is 1. The molecule has 0 saturated carbocycles. The SMILES string of the molecule is Cc1cc(-c2[nH]c3cc(NC(=O)[C@H](N)CCc4ccccc4)cc4c3c2C=NNC4=O)on1. The zero-order chi connectivity index (χ0) is 22.9. The first-order valence-corrected chi connectivity index (χ1v) is 10.6. The Balaban J connectivity index is 1.44. The highest BCUT2D eigenvalue weighted by molar-refractivity contribution is 6.18. The Bertz CT molecular complexity index is 1390. The van der Waals surface area contributed by atoms with Gasteiger partial charge in [-0.25, -0.2) is 5.43 Å². The van der Waals surface area contributed by atoms with Crippen molar-refractivity contribution in [2.24, 2.45) is 10.8 Å². The number of H-pyrrole nitrogens is 1. The normalized spacial score (nSPS) is 13.6. The van der Waals surface area contributed by atoms with Crippen molar-refractivity contribution in [2.75, 3.05) is 5.32 Å². The highest BCUT2D eigenvalue weighted by Crippen LogP contribution is 2.34. The van der Waals surface area contributed by atoms with Crippen LogP contribution in [-0.4, -0.2) is 34.2 Å². The van der Waals surface area contributed by atoms with E-state index < -0.39 is 6.04 Å². The molecule has 1 atom stereocenters.